The van der Waals surface area contributed by atoms with Crippen LogP contribution in [0.4, 0.5) is 0 Å². The summed E-state index contributed by atoms with van der Waals surface area (Å²) in [6, 6.07) is 0. The molecule has 39 heavy (non-hydrogen) atoms. The van der Waals surface area contributed by atoms with Crippen LogP contribution >= 0.6 is 23.5 Å². The first-order chi connectivity index (χ1) is 18.3. The summed E-state index contributed by atoms with van der Waals surface area (Å²) < 4.78 is 70.2. The predicted molar refractivity (Wildman–Crippen MR) is 150 cm³/mol. The minimum absolute atomic E-state index is 0.0321. The molecule has 0 saturated carbocycles. The van der Waals surface area contributed by atoms with E-state index in [9.17, 15) is 31.5 Å². The van der Waals surface area contributed by atoms with E-state index in [2.05, 4.69) is 0 Å². The van der Waals surface area contributed by atoms with Gasteiger partial charge in [0.15, 0.2) is 6.54 Å². The van der Waals surface area contributed by atoms with Gasteiger partial charge in [-0.3, -0.25) is 18.5 Å². The molecule has 0 atom stereocenters. The van der Waals surface area contributed by atoms with Crippen LogP contribution in [-0.4, -0.2) is 105 Å². The maximum atomic E-state index is 12.6. The zero-order valence-electron chi connectivity index (χ0n) is 20.8. The Balaban J connectivity index is 1.85. The first kappa shape index (κ1) is 31.2. The van der Waals surface area contributed by atoms with Gasteiger partial charge >= 0.3 is 11.6 Å². The average Bonchev–Trinajstić information content (AvgIpc) is 3.51. The maximum Gasteiger partial charge on any atom is 0.361 e. The van der Waals surface area contributed by atoms with Gasteiger partial charge in [0.1, 0.15) is 18.4 Å². The van der Waals surface area contributed by atoms with Crippen LogP contribution in [0.5, 0.6) is 0 Å². The monoisotopic (exact) mass is 624 g/mol. The van der Waals surface area contributed by atoms with Crippen LogP contribution in [0, 0.1) is 0 Å². The first-order valence-corrected chi connectivity index (χ1v) is 17.1. The first-order valence-electron chi connectivity index (χ1n) is 11.9. The summed E-state index contributed by atoms with van der Waals surface area (Å²) in [4.78, 5) is 26.0. The molecule has 216 valence electrons. The molecule has 13 nitrogen and oxygen atoms in total. The second-order valence-electron chi connectivity index (χ2n) is 8.58. The lowest BCUT2D eigenvalue weighted by Gasteiger charge is -2.17. The number of carbonyl (C=O) groups is 1. The number of allylic oxidation sites excluding steroid dienone is 2. The minimum atomic E-state index is -4.05. The summed E-state index contributed by atoms with van der Waals surface area (Å²) >= 11 is 3.06. The van der Waals surface area contributed by atoms with Crippen molar-refractivity contribution in [3.63, 3.8) is 0 Å². The molecule has 0 amide bonds. The third-order valence-corrected chi connectivity index (χ3v) is 9.39. The average molecular weight is 625 g/mol. The molecule has 0 radical (unpaired) electrons. The van der Waals surface area contributed by atoms with Crippen LogP contribution < -0.4 is 16.5 Å². The van der Waals surface area contributed by atoms with Gasteiger partial charge in [0.05, 0.1) is 22.3 Å². The maximum absolute atomic E-state index is 12.6. The quantitative estimate of drug-likeness (QED) is 0.184. The van der Waals surface area contributed by atoms with Gasteiger partial charge in [0.2, 0.25) is 10.6 Å². The lowest BCUT2D eigenvalue weighted by atomic mass is 10.4. The standard InChI is InChI=1S/C22H29N3O10S4/c26-21(27)16-25-17(6-7-20-24(11-13-37-20)9-3-15-39(32,33)34)22(28)35-18(25)4-1-5-19-23(10-12-36-19)8-2-14-38(29,30)31/h1,4-7H,2-3,8-16H2,(H2-,26,27,29,30,31,32,33,34)/p+1. The zero-order chi connectivity index (χ0) is 28.6. The van der Waals surface area contributed by atoms with E-state index in [-0.39, 0.29) is 35.2 Å². The van der Waals surface area contributed by atoms with Gasteiger partial charge in [0, 0.05) is 31.3 Å². The second kappa shape index (κ2) is 13.8. The van der Waals surface area contributed by atoms with Crippen LogP contribution in [-0.2, 0) is 31.6 Å². The summed E-state index contributed by atoms with van der Waals surface area (Å²) in [5, 5.41) is 11.1. The predicted octanol–water partition coefficient (Wildman–Crippen LogP) is -0.753. The number of carboxylic acids is 1. The highest BCUT2D eigenvalue weighted by atomic mass is 32.2. The highest BCUT2D eigenvalue weighted by Gasteiger charge is 2.21. The molecule has 0 spiro atoms. The van der Waals surface area contributed by atoms with Gasteiger partial charge in [-0.15, -0.1) is 11.8 Å². The van der Waals surface area contributed by atoms with E-state index in [0.717, 1.165) is 21.6 Å². The molecule has 2 aliphatic rings. The van der Waals surface area contributed by atoms with E-state index < -0.39 is 38.4 Å². The minimum Gasteiger partial charge on any atom is -0.480 e. The molecule has 1 aromatic heterocycles. The number of oxazole rings is 1. The molecule has 0 bridgehead atoms. The fraction of sp³-hybridized carbons (Fsp3) is 0.500. The molecule has 0 aromatic carbocycles. The molecule has 1 fully saturated rings. The Morgan fingerprint density at radius 3 is 2.44 bits per heavy atom. The van der Waals surface area contributed by atoms with Crippen LogP contribution in [0.15, 0.2) is 32.5 Å². The molecule has 1 aromatic rings. The third kappa shape index (κ3) is 10.3. The highest BCUT2D eigenvalue weighted by Crippen LogP contribution is 2.27. The number of rotatable bonds is 13. The SMILES string of the molecule is O=C(O)Cn1c(=CC=CC2=[N+](CCCS(=O)(=O)O)CCS2)oc(=O)c1=CC=C1SCCN1CCCS(=O)(=O)O. The highest BCUT2D eigenvalue weighted by molar-refractivity contribution is 8.14. The summed E-state index contributed by atoms with van der Waals surface area (Å²) in [6.07, 6.45) is 8.47. The Morgan fingerprint density at radius 1 is 1.03 bits per heavy atom. The van der Waals surface area contributed by atoms with Crippen molar-refractivity contribution in [2.45, 2.75) is 19.4 Å². The lowest BCUT2D eigenvalue weighted by Crippen LogP contribution is -2.34. The van der Waals surface area contributed by atoms with Crippen molar-refractivity contribution in [3.8, 4) is 0 Å². The number of thioether (sulfide) groups is 2. The largest absolute Gasteiger partial charge is 0.480 e. The lowest BCUT2D eigenvalue weighted by molar-refractivity contribution is -0.516. The van der Waals surface area contributed by atoms with Crippen LogP contribution in [0.2, 0.25) is 0 Å². The molecule has 1 saturated heterocycles. The van der Waals surface area contributed by atoms with E-state index in [1.54, 1.807) is 30.0 Å². The zero-order valence-corrected chi connectivity index (χ0v) is 24.1. The Labute approximate surface area is 233 Å². The van der Waals surface area contributed by atoms with E-state index >= 15 is 0 Å². The van der Waals surface area contributed by atoms with Crippen LogP contribution in [0.1, 0.15) is 12.8 Å². The van der Waals surface area contributed by atoms with Gasteiger partial charge in [-0.25, -0.2) is 9.37 Å². The van der Waals surface area contributed by atoms with E-state index in [4.69, 9.17) is 13.5 Å². The molecular formula is C22H30N3O10S4+. The van der Waals surface area contributed by atoms with Crippen molar-refractivity contribution in [3.05, 3.63) is 44.6 Å². The van der Waals surface area contributed by atoms with Gasteiger partial charge in [-0.2, -0.15) is 16.8 Å². The van der Waals surface area contributed by atoms with Crippen molar-refractivity contribution < 1.29 is 44.8 Å². The van der Waals surface area contributed by atoms with Crippen molar-refractivity contribution in [1.82, 2.24) is 9.47 Å². The molecule has 2 aliphatic heterocycles. The van der Waals surface area contributed by atoms with Crippen molar-refractivity contribution >= 4 is 66.9 Å². The van der Waals surface area contributed by atoms with Crippen molar-refractivity contribution in [1.29, 1.82) is 0 Å². The number of hydrogen-bond acceptors (Lipinski definition) is 10. The summed E-state index contributed by atoms with van der Waals surface area (Å²) in [5.74, 6) is -0.308. The summed E-state index contributed by atoms with van der Waals surface area (Å²) in [7, 11) is -8.08. The van der Waals surface area contributed by atoms with Gasteiger partial charge in [0.25, 0.3) is 20.2 Å². The van der Waals surface area contributed by atoms with E-state index in [1.807, 2.05) is 9.48 Å². The smallest absolute Gasteiger partial charge is 0.361 e. The number of carboxylic acid groups (broad SMARTS) is 1. The number of hydrogen-bond donors (Lipinski definition) is 3. The Hall–Kier alpha value is -2.31. The molecule has 3 rings (SSSR count). The molecule has 3 heterocycles. The van der Waals surface area contributed by atoms with Crippen LogP contribution in [0.25, 0.3) is 12.2 Å². The number of aliphatic carboxylic acids is 1. The van der Waals surface area contributed by atoms with E-state index in [0.29, 0.717) is 26.2 Å². The van der Waals surface area contributed by atoms with Crippen LogP contribution in [0.3, 0.4) is 0 Å². The molecular weight excluding hydrogens is 595 g/mol. The third-order valence-electron chi connectivity index (χ3n) is 5.62. The molecule has 3 N–H and O–H groups in total. The fourth-order valence-electron chi connectivity index (χ4n) is 3.93. The van der Waals surface area contributed by atoms with Gasteiger partial charge in [-0.05, 0) is 30.7 Å². The van der Waals surface area contributed by atoms with Gasteiger partial charge in [-0.1, -0.05) is 11.8 Å². The fourth-order valence-corrected chi connectivity index (χ4v) is 7.02. The molecule has 0 unspecified atom stereocenters. The Morgan fingerprint density at radius 2 is 1.74 bits per heavy atom. The number of aromatic nitrogens is 1. The molecule has 17 heteroatoms. The number of nitrogens with zero attached hydrogens (tertiary/aromatic N) is 3. The van der Waals surface area contributed by atoms with Crippen molar-refractivity contribution in [2.24, 2.45) is 0 Å². The second-order valence-corrected chi connectivity index (χ2v) is 14.0. The topological polar surface area (TPSA) is 187 Å². The van der Waals surface area contributed by atoms with Gasteiger partial charge < -0.3 is 14.4 Å². The van der Waals surface area contributed by atoms with Crippen molar-refractivity contribution in [2.75, 3.05) is 49.2 Å². The molecule has 0 aliphatic carbocycles. The summed E-state index contributed by atoms with van der Waals surface area (Å²) in [5.41, 5.74) is -0.683. The Kier molecular flexibility index (Phi) is 11.1. The normalized spacial score (nSPS) is 18.9. The summed E-state index contributed by atoms with van der Waals surface area (Å²) in [6.45, 7) is 1.69. The van der Waals surface area contributed by atoms with E-state index in [1.165, 1.54) is 28.5 Å². The Bertz CT molecular complexity index is 1550.